The predicted molar refractivity (Wildman–Crippen MR) is 103 cm³/mol. The third kappa shape index (κ3) is 3.11. The molecule has 0 aliphatic rings. The summed E-state index contributed by atoms with van der Waals surface area (Å²) in [5.74, 6) is -0.377. The Morgan fingerprint density at radius 3 is 2.33 bits per heavy atom. The Hall–Kier alpha value is -3.73. The molecule has 3 aromatic carbocycles. The van der Waals surface area contributed by atoms with Crippen molar-refractivity contribution in [3.63, 3.8) is 0 Å². The standard InChI is InChI=1S/C22H16N2O3/c1-13-4-2-3-5-17(13)20(25)14-6-8-15(9-7-14)21-23-18-11-10-16(22(26)27)12-19(18)24-21/h2-12H,1H3,(H,23,24)(H,26,27). The van der Waals surface area contributed by atoms with Crippen LogP contribution < -0.4 is 0 Å². The van der Waals surface area contributed by atoms with Gasteiger partial charge in [-0.1, -0.05) is 48.5 Å². The molecule has 0 unspecified atom stereocenters. The quantitative estimate of drug-likeness (QED) is 0.529. The smallest absolute Gasteiger partial charge is 0.335 e. The average molecular weight is 356 g/mol. The van der Waals surface area contributed by atoms with Gasteiger partial charge in [-0.25, -0.2) is 9.78 Å². The first-order chi connectivity index (χ1) is 13.0. The maximum Gasteiger partial charge on any atom is 0.335 e. The van der Waals surface area contributed by atoms with Crippen LogP contribution in [0.3, 0.4) is 0 Å². The van der Waals surface area contributed by atoms with Crippen LogP contribution in [-0.2, 0) is 0 Å². The van der Waals surface area contributed by atoms with E-state index in [0.29, 0.717) is 22.5 Å². The van der Waals surface area contributed by atoms with Crippen LogP contribution in [0.1, 0.15) is 31.8 Å². The predicted octanol–water partition coefficient (Wildman–Crippen LogP) is 4.47. The SMILES string of the molecule is Cc1ccccc1C(=O)c1ccc(-c2nc3cc(C(=O)O)ccc3[nH]2)cc1. The van der Waals surface area contributed by atoms with Crippen molar-refractivity contribution in [2.24, 2.45) is 0 Å². The highest BCUT2D eigenvalue weighted by Gasteiger charge is 2.13. The molecule has 132 valence electrons. The monoisotopic (exact) mass is 356 g/mol. The van der Waals surface area contributed by atoms with E-state index in [1.54, 1.807) is 18.2 Å². The number of aromatic amines is 1. The lowest BCUT2D eigenvalue weighted by Gasteiger charge is -2.05. The molecular formula is C22H16N2O3. The van der Waals surface area contributed by atoms with Crippen LogP contribution in [-0.4, -0.2) is 26.8 Å². The van der Waals surface area contributed by atoms with Gasteiger partial charge in [0.15, 0.2) is 5.78 Å². The number of aryl methyl sites for hydroxylation is 1. The minimum absolute atomic E-state index is 0.0182. The first kappa shape index (κ1) is 16.7. The fraction of sp³-hybridized carbons (Fsp3) is 0.0455. The van der Waals surface area contributed by atoms with Crippen molar-refractivity contribution in [1.82, 2.24) is 9.97 Å². The van der Waals surface area contributed by atoms with Crippen molar-refractivity contribution in [2.45, 2.75) is 6.92 Å². The molecule has 0 radical (unpaired) electrons. The van der Waals surface area contributed by atoms with Crippen LogP contribution in [0.15, 0.2) is 66.7 Å². The maximum atomic E-state index is 12.7. The maximum absolute atomic E-state index is 12.7. The number of carbonyl (C=O) groups is 2. The lowest BCUT2D eigenvalue weighted by molar-refractivity contribution is 0.0697. The van der Waals surface area contributed by atoms with Gasteiger partial charge in [-0.3, -0.25) is 4.79 Å². The highest BCUT2D eigenvalue weighted by Crippen LogP contribution is 2.23. The number of ketones is 1. The van der Waals surface area contributed by atoms with Crippen LogP contribution >= 0.6 is 0 Å². The number of carboxylic acid groups (broad SMARTS) is 1. The summed E-state index contributed by atoms with van der Waals surface area (Å²) >= 11 is 0. The topological polar surface area (TPSA) is 83.1 Å². The molecule has 0 bridgehead atoms. The van der Waals surface area contributed by atoms with E-state index in [1.807, 2.05) is 43.3 Å². The number of nitrogens with one attached hydrogen (secondary N) is 1. The van der Waals surface area contributed by atoms with Gasteiger partial charge in [0.05, 0.1) is 16.6 Å². The number of aromatic carboxylic acids is 1. The highest BCUT2D eigenvalue weighted by molar-refractivity contribution is 6.10. The summed E-state index contributed by atoms with van der Waals surface area (Å²) in [5.41, 5.74) is 4.61. The Labute approximate surface area is 155 Å². The second kappa shape index (κ2) is 6.53. The highest BCUT2D eigenvalue weighted by atomic mass is 16.4. The van der Waals surface area contributed by atoms with E-state index in [2.05, 4.69) is 9.97 Å². The zero-order valence-electron chi connectivity index (χ0n) is 14.6. The Bertz CT molecular complexity index is 1170. The van der Waals surface area contributed by atoms with Gasteiger partial charge in [0.25, 0.3) is 0 Å². The van der Waals surface area contributed by atoms with Gasteiger partial charge in [0.1, 0.15) is 5.82 Å². The van der Waals surface area contributed by atoms with Crippen LogP contribution in [0.2, 0.25) is 0 Å². The summed E-state index contributed by atoms with van der Waals surface area (Å²) in [6.45, 7) is 1.92. The van der Waals surface area contributed by atoms with Crippen molar-refractivity contribution in [3.05, 3.63) is 89.0 Å². The van der Waals surface area contributed by atoms with Crippen LogP contribution in [0.5, 0.6) is 0 Å². The number of benzene rings is 3. The normalized spacial score (nSPS) is 10.9. The van der Waals surface area contributed by atoms with E-state index < -0.39 is 5.97 Å². The summed E-state index contributed by atoms with van der Waals surface area (Å²) in [5, 5.41) is 9.09. The summed E-state index contributed by atoms with van der Waals surface area (Å²) in [6.07, 6.45) is 0. The molecule has 0 saturated carbocycles. The van der Waals surface area contributed by atoms with Crippen LogP contribution in [0, 0.1) is 6.92 Å². The largest absolute Gasteiger partial charge is 0.478 e. The van der Waals surface area contributed by atoms with Crippen molar-refractivity contribution in [1.29, 1.82) is 0 Å². The zero-order valence-corrected chi connectivity index (χ0v) is 14.6. The van der Waals surface area contributed by atoms with E-state index in [4.69, 9.17) is 5.11 Å². The summed E-state index contributed by atoms with van der Waals surface area (Å²) in [7, 11) is 0. The zero-order chi connectivity index (χ0) is 19.0. The first-order valence-electron chi connectivity index (χ1n) is 8.47. The fourth-order valence-electron chi connectivity index (χ4n) is 3.04. The number of nitrogens with zero attached hydrogens (tertiary/aromatic N) is 1. The minimum Gasteiger partial charge on any atom is -0.478 e. The van der Waals surface area contributed by atoms with Crippen molar-refractivity contribution < 1.29 is 14.7 Å². The molecule has 0 spiro atoms. The van der Waals surface area contributed by atoms with Gasteiger partial charge in [-0.15, -0.1) is 0 Å². The third-order valence-corrected chi connectivity index (χ3v) is 4.54. The number of H-pyrrole nitrogens is 1. The number of fused-ring (bicyclic) bond motifs is 1. The second-order valence-corrected chi connectivity index (χ2v) is 6.34. The molecule has 1 heterocycles. The molecule has 1 aromatic heterocycles. The lowest BCUT2D eigenvalue weighted by atomic mass is 9.98. The second-order valence-electron chi connectivity index (χ2n) is 6.34. The van der Waals surface area contributed by atoms with E-state index in [9.17, 15) is 9.59 Å². The van der Waals surface area contributed by atoms with Gasteiger partial charge in [-0.2, -0.15) is 0 Å². The molecule has 0 aliphatic heterocycles. The first-order valence-corrected chi connectivity index (χ1v) is 8.47. The lowest BCUT2D eigenvalue weighted by Crippen LogP contribution is -2.03. The number of carboxylic acids is 1. The Balaban J connectivity index is 1.66. The van der Waals surface area contributed by atoms with E-state index in [1.165, 1.54) is 12.1 Å². The number of carbonyl (C=O) groups excluding carboxylic acids is 1. The molecule has 5 heteroatoms. The molecule has 0 saturated heterocycles. The summed E-state index contributed by atoms with van der Waals surface area (Å²) in [6, 6.07) is 19.5. The number of rotatable bonds is 4. The van der Waals surface area contributed by atoms with Gasteiger partial charge >= 0.3 is 5.97 Å². The minimum atomic E-state index is -0.986. The van der Waals surface area contributed by atoms with Gasteiger partial charge in [0.2, 0.25) is 0 Å². The number of hydrogen-bond acceptors (Lipinski definition) is 3. The molecular weight excluding hydrogens is 340 g/mol. The molecule has 4 rings (SSSR count). The molecule has 2 N–H and O–H groups in total. The van der Waals surface area contributed by atoms with Crippen molar-refractivity contribution in [3.8, 4) is 11.4 Å². The number of aromatic nitrogens is 2. The Morgan fingerprint density at radius 2 is 1.63 bits per heavy atom. The number of hydrogen-bond donors (Lipinski definition) is 2. The van der Waals surface area contributed by atoms with Gasteiger partial charge in [-0.05, 0) is 30.7 Å². The molecule has 4 aromatic rings. The van der Waals surface area contributed by atoms with Gasteiger partial charge in [0, 0.05) is 16.7 Å². The van der Waals surface area contributed by atoms with Crippen molar-refractivity contribution >= 4 is 22.8 Å². The van der Waals surface area contributed by atoms with Crippen LogP contribution in [0.25, 0.3) is 22.4 Å². The summed E-state index contributed by atoms with van der Waals surface area (Å²) in [4.78, 5) is 31.4. The molecule has 0 fully saturated rings. The van der Waals surface area contributed by atoms with E-state index >= 15 is 0 Å². The fourth-order valence-corrected chi connectivity index (χ4v) is 3.04. The van der Waals surface area contributed by atoms with Crippen molar-refractivity contribution in [2.75, 3.05) is 0 Å². The average Bonchev–Trinajstić information content (AvgIpc) is 3.11. The molecule has 27 heavy (non-hydrogen) atoms. The van der Waals surface area contributed by atoms with E-state index in [-0.39, 0.29) is 11.3 Å². The van der Waals surface area contributed by atoms with E-state index in [0.717, 1.165) is 16.6 Å². The Morgan fingerprint density at radius 1 is 0.926 bits per heavy atom. The van der Waals surface area contributed by atoms with Crippen LogP contribution in [0.4, 0.5) is 0 Å². The van der Waals surface area contributed by atoms with Gasteiger partial charge < -0.3 is 10.1 Å². The summed E-state index contributed by atoms with van der Waals surface area (Å²) < 4.78 is 0. The molecule has 0 aliphatic carbocycles. The third-order valence-electron chi connectivity index (χ3n) is 4.54. The molecule has 5 nitrogen and oxygen atoms in total. The molecule has 0 amide bonds. The molecule has 0 atom stereocenters. The number of imidazole rings is 1. The Kier molecular flexibility index (Phi) is 4.05.